The van der Waals surface area contributed by atoms with Gasteiger partial charge in [-0.1, -0.05) is 12.1 Å². The highest BCUT2D eigenvalue weighted by molar-refractivity contribution is 5.56. The molecule has 1 N–H and O–H groups in total. The van der Waals surface area contributed by atoms with Crippen molar-refractivity contribution in [2.24, 2.45) is 0 Å². The summed E-state index contributed by atoms with van der Waals surface area (Å²) in [6.45, 7) is 4.39. The van der Waals surface area contributed by atoms with E-state index in [0.29, 0.717) is 12.1 Å². The smallest absolute Gasteiger partial charge is 0.141 e. The average Bonchev–Trinajstić information content (AvgIpc) is 2.58. The van der Waals surface area contributed by atoms with Gasteiger partial charge in [-0.05, 0) is 44.2 Å². The summed E-state index contributed by atoms with van der Waals surface area (Å²) in [4.78, 5) is 2.57. The maximum Gasteiger partial charge on any atom is 0.141 e. The number of hydrogen-bond acceptors (Lipinski definition) is 4. The van der Waals surface area contributed by atoms with E-state index in [1.54, 1.807) is 7.11 Å². The molecular weight excluding hydrogens is 276 g/mol. The minimum Gasteiger partial charge on any atom is -0.495 e. The van der Waals surface area contributed by atoms with Crippen LogP contribution in [0.5, 0.6) is 5.75 Å². The fourth-order valence-corrected chi connectivity index (χ4v) is 3.48. The van der Waals surface area contributed by atoms with E-state index in [9.17, 15) is 0 Å². The van der Waals surface area contributed by atoms with Crippen molar-refractivity contribution in [3.05, 3.63) is 24.3 Å². The number of anilines is 1. The van der Waals surface area contributed by atoms with E-state index in [-0.39, 0.29) is 0 Å². The number of piperidine rings is 1. The summed E-state index contributed by atoms with van der Waals surface area (Å²) in [5.41, 5.74) is 1.11. The summed E-state index contributed by atoms with van der Waals surface area (Å²) in [6, 6.07) is 8.72. The highest BCUT2D eigenvalue weighted by atomic mass is 16.5. The van der Waals surface area contributed by atoms with Crippen molar-refractivity contribution in [1.29, 1.82) is 0 Å². The Morgan fingerprint density at radius 1 is 1.18 bits per heavy atom. The minimum absolute atomic E-state index is 0.465. The lowest BCUT2D eigenvalue weighted by Gasteiger charge is -2.36. The molecule has 2 fully saturated rings. The number of methoxy groups -OCH3 is 1. The van der Waals surface area contributed by atoms with E-state index in [2.05, 4.69) is 22.3 Å². The zero-order chi connectivity index (χ0) is 15.2. The molecule has 4 nitrogen and oxygen atoms in total. The highest BCUT2D eigenvalue weighted by Crippen LogP contribution is 2.26. The minimum atomic E-state index is 0.465. The number of para-hydroxylation sites is 2. The molecule has 3 rings (SSSR count). The quantitative estimate of drug-likeness (QED) is 0.906. The van der Waals surface area contributed by atoms with Gasteiger partial charge in [0.25, 0.3) is 0 Å². The van der Waals surface area contributed by atoms with E-state index < -0.39 is 0 Å². The second kappa shape index (κ2) is 7.84. The van der Waals surface area contributed by atoms with Gasteiger partial charge in [0.2, 0.25) is 0 Å². The third-order valence-corrected chi connectivity index (χ3v) is 4.79. The standard InChI is InChI=1S/C18H28N2O2/c1-21-18-8-3-2-7-17(18)19-15-9-11-20(12-10-15)14-16-6-4-5-13-22-16/h2-3,7-8,15-16,19H,4-6,9-14H2,1H3/t16-/m1/s1. The molecule has 0 radical (unpaired) electrons. The molecule has 4 heteroatoms. The van der Waals surface area contributed by atoms with Crippen molar-refractivity contribution in [1.82, 2.24) is 4.90 Å². The first kappa shape index (κ1) is 15.6. The van der Waals surface area contributed by atoms with Gasteiger partial charge in [0, 0.05) is 32.3 Å². The van der Waals surface area contributed by atoms with Crippen molar-refractivity contribution >= 4 is 5.69 Å². The van der Waals surface area contributed by atoms with Crippen LogP contribution in [0.3, 0.4) is 0 Å². The molecule has 0 bridgehead atoms. The number of likely N-dealkylation sites (tertiary alicyclic amines) is 1. The Bertz CT molecular complexity index is 452. The first-order valence-corrected chi connectivity index (χ1v) is 8.58. The summed E-state index contributed by atoms with van der Waals surface area (Å²) in [5.74, 6) is 0.931. The Labute approximate surface area is 133 Å². The van der Waals surface area contributed by atoms with Crippen molar-refractivity contribution in [2.45, 2.75) is 44.2 Å². The highest BCUT2D eigenvalue weighted by Gasteiger charge is 2.23. The van der Waals surface area contributed by atoms with Crippen LogP contribution in [-0.2, 0) is 4.74 Å². The van der Waals surface area contributed by atoms with Gasteiger partial charge in [-0.15, -0.1) is 0 Å². The van der Waals surface area contributed by atoms with E-state index in [4.69, 9.17) is 9.47 Å². The Kier molecular flexibility index (Phi) is 5.57. The zero-order valence-electron chi connectivity index (χ0n) is 13.6. The van der Waals surface area contributed by atoms with E-state index in [1.165, 1.54) is 32.1 Å². The summed E-state index contributed by atoms with van der Waals surface area (Å²) >= 11 is 0. The Balaban J connectivity index is 1.45. The fourth-order valence-electron chi connectivity index (χ4n) is 3.48. The van der Waals surface area contributed by atoms with Crippen molar-refractivity contribution in [2.75, 3.05) is 38.7 Å². The van der Waals surface area contributed by atoms with Gasteiger partial charge in [0.1, 0.15) is 5.75 Å². The lowest BCUT2D eigenvalue weighted by molar-refractivity contribution is -0.00906. The third kappa shape index (κ3) is 4.14. The Morgan fingerprint density at radius 2 is 2.00 bits per heavy atom. The van der Waals surface area contributed by atoms with Gasteiger partial charge in [0.15, 0.2) is 0 Å². The lowest BCUT2D eigenvalue weighted by atomic mass is 10.0. The van der Waals surface area contributed by atoms with Gasteiger partial charge in [0.05, 0.1) is 18.9 Å². The molecule has 122 valence electrons. The number of ether oxygens (including phenoxy) is 2. The maximum absolute atomic E-state index is 5.86. The molecule has 0 unspecified atom stereocenters. The molecule has 1 atom stereocenters. The van der Waals surface area contributed by atoms with Gasteiger partial charge >= 0.3 is 0 Å². The van der Waals surface area contributed by atoms with Crippen LogP contribution in [0.25, 0.3) is 0 Å². The Morgan fingerprint density at radius 3 is 2.73 bits per heavy atom. The number of nitrogens with zero attached hydrogens (tertiary/aromatic N) is 1. The van der Waals surface area contributed by atoms with Crippen LogP contribution in [-0.4, -0.2) is 50.4 Å². The molecule has 2 aliphatic rings. The molecule has 0 amide bonds. The molecule has 0 spiro atoms. The second-order valence-electron chi connectivity index (χ2n) is 6.41. The second-order valence-corrected chi connectivity index (χ2v) is 6.41. The monoisotopic (exact) mass is 304 g/mol. The topological polar surface area (TPSA) is 33.7 Å². The van der Waals surface area contributed by atoms with Gasteiger partial charge in [-0.25, -0.2) is 0 Å². The van der Waals surface area contributed by atoms with E-state index in [0.717, 1.165) is 37.7 Å². The maximum atomic E-state index is 5.86. The molecule has 2 heterocycles. The zero-order valence-corrected chi connectivity index (χ0v) is 13.6. The lowest BCUT2D eigenvalue weighted by Crippen LogP contribution is -2.43. The number of hydrogen-bond donors (Lipinski definition) is 1. The molecule has 0 aliphatic carbocycles. The van der Waals surface area contributed by atoms with Crippen LogP contribution in [0.1, 0.15) is 32.1 Å². The predicted molar refractivity (Wildman–Crippen MR) is 89.7 cm³/mol. The summed E-state index contributed by atoms with van der Waals surface area (Å²) < 4.78 is 11.3. The molecule has 22 heavy (non-hydrogen) atoms. The van der Waals surface area contributed by atoms with Crippen LogP contribution in [0, 0.1) is 0 Å². The summed E-state index contributed by atoms with van der Waals surface area (Å²) in [6.07, 6.45) is 6.64. The van der Waals surface area contributed by atoms with Crippen LogP contribution >= 0.6 is 0 Å². The van der Waals surface area contributed by atoms with Crippen LogP contribution in [0.2, 0.25) is 0 Å². The van der Waals surface area contributed by atoms with Crippen LogP contribution in [0.4, 0.5) is 5.69 Å². The van der Waals surface area contributed by atoms with Crippen LogP contribution < -0.4 is 10.1 Å². The number of benzene rings is 1. The average molecular weight is 304 g/mol. The van der Waals surface area contributed by atoms with Gasteiger partial charge < -0.3 is 19.7 Å². The first-order chi connectivity index (χ1) is 10.8. The molecule has 2 saturated heterocycles. The normalized spacial score (nSPS) is 24.1. The molecule has 2 aliphatic heterocycles. The SMILES string of the molecule is COc1ccccc1NC1CCN(C[C@H]2CCCCO2)CC1. The first-order valence-electron chi connectivity index (χ1n) is 8.58. The van der Waals surface area contributed by atoms with E-state index >= 15 is 0 Å². The van der Waals surface area contributed by atoms with Crippen molar-refractivity contribution in [3.8, 4) is 5.75 Å². The summed E-state index contributed by atoms with van der Waals surface area (Å²) in [7, 11) is 1.73. The third-order valence-electron chi connectivity index (χ3n) is 4.79. The van der Waals surface area contributed by atoms with E-state index in [1.807, 2.05) is 12.1 Å². The molecular formula is C18H28N2O2. The van der Waals surface area contributed by atoms with Gasteiger partial charge in [-0.3, -0.25) is 0 Å². The van der Waals surface area contributed by atoms with Crippen LogP contribution in [0.15, 0.2) is 24.3 Å². The molecule has 1 aromatic carbocycles. The fraction of sp³-hybridized carbons (Fsp3) is 0.667. The van der Waals surface area contributed by atoms with Crippen molar-refractivity contribution < 1.29 is 9.47 Å². The molecule has 0 aromatic heterocycles. The Hall–Kier alpha value is -1.26. The van der Waals surface area contributed by atoms with Crippen molar-refractivity contribution in [3.63, 3.8) is 0 Å². The largest absolute Gasteiger partial charge is 0.495 e. The number of rotatable bonds is 5. The summed E-state index contributed by atoms with van der Waals surface area (Å²) in [5, 5.41) is 3.64. The number of nitrogens with one attached hydrogen (secondary N) is 1. The van der Waals surface area contributed by atoms with Gasteiger partial charge in [-0.2, -0.15) is 0 Å². The molecule has 0 saturated carbocycles. The predicted octanol–water partition coefficient (Wildman–Crippen LogP) is 3.14. The molecule has 1 aromatic rings.